The summed E-state index contributed by atoms with van der Waals surface area (Å²) in [5.41, 5.74) is 0.869. The minimum Gasteiger partial charge on any atom is -0.345 e. The highest BCUT2D eigenvalue weighted by molar-refractivity contribution is 5.82. The third-order valence-corrected chi connectivity index (χ3v) is 3.84. The average molecular weight is 300 g/mol. The van der Waals surface area contributed by atoms with Crippen molar-refractivity contribution in [3.8, 4) is 11.5 Å². The smallest absolute Gasteiger partial charge is 0.257 e. The van der Waals surface area contributed by atoms with Crippen molar-refractivity contribution in [2.75, 3.05) is 6.54 Å². The standard InChI is InChI=1S/C16H20N4O2/c1-11(18-15(21)13-9-5-6-10-17-13)14-19-16(22-20-14)12-7-3-2-4-8-12/h2-4,7-8,11,13,17H,5-6,9-10H2,1H3,(H,18,21). The third kappa shape index (κ3) is 3.33. The summed E-state index contributed by atoms with van der Waals surface area (Å²) >= 11 is 0. The topological polar surface area (TPSA) is 80.0 Å². The molecule has 6 nitrogen and oxygen atoms in total. The van der Waals surface area contributed by atoms with Gasteiger partial charge in [0.25, 0.3) is 5.89 Å². The number of benzene rings is 1. The van der Waals surface area contributed by atoms with Crippen molar-refractivity contribution in [3.05, 3.63) is 36.2 Å². The summed E-state index contributed by atoms with van der Waals surface area (Å²) in [5.74, 6) is 0.953. The minimum atomic E-state index is -0.280. The molecule has 1 aromatic heterocycles. The highest BCUT2D eigenvalue weighted by atomic mass is 16.5. The summed E-state index contributed by atoms with van der Waals surface area (Å²) < 4.78 is 5.27. The number of nitrogens with one attached hydrogen (secondary N) is 2. The number of rotatable bonds is 4. The largest absolute Gasteiger partial charge is 0.345 e. The summed E-state index contributed by atoms with van der Waals surface area (Å²) in [6.07, 6.45) is 3.09. The fourth-order valence-electron chi connectivity index (χ4n) is 2.56. The van der Waals surface area contributed by atoms with E-state index in [1.54, 1.807) is 0 Å². The van der Waals surface area contributed by atoms with Crippen LogP contribution < -0.4 is 10.6 Å². The van der Waals surface area contributed by atoms with Crippen LogP contribution in [0.5, 0.6) is 0 Å². The fraction of sp³-hybridized carbons (Fsp3) is 0.438. The van der Waals surface area contributed by atoms with Crippen LogP contribution in [0.1, 0.15) is 38.1 Å². The first kappa shape index (κ1) is 14.7. The molecule has 3 rings (SSSR count). The monoisotopic (exact) mass is 300 g/mol. The Labute approximate surface area is 129 Å². The van der Waals surface area contributed by atoms with Crippen molar-refractivity contribution in [1.29, 1.82) is 0 Å². The molecule has 6 heteroatoms. The Balaban J connectivity index is 1.64. The molecule has 1 saturated heterocycles. The van der Waals surface area contributed by atoms with Crippen LogP contribution in [0.25, 0.3) is 11.5 Å². The van der Waals surface area contributed by atoms with E-state index in [-0.39, 0.29) is 18.0 Å². The Morgan fingerprint density at radius 2 is 2.18 bits per heavy atom. The number of hydrogen-bond donors (Lipinski definition) is 2. The Hall–Kier alpha value is -2.21. The van der Waals surface area contributed by atoms with Gasteiger partial charge in [0.05, 0.1) is 12.1 Å². The van der Waals surface area contributed by atoms with E-state index in [1.807, 2.05) is 37.3 Å². The van der Waals surface area contributed by atoms with Gasteiger partial charge >= 0.3 is 0 Å². The second kappa shape index (κ2) is 6.70. The van der Waals surface area contributed by atoms with E-state index < -0.39 is 0 Å². The number of nitrogens with zero attached hydrogens (tertiary/aromatic N) is 2. The van der Waals surface area contributed by atoms with Crippen molar-refractivity contribution >= 4 is 5.91 Å². The lowest BCUT2D eigenvalue weighted by atomic mass is 10.0. The van der Waals surface area contributed by atoms with Gasteiger partial charge in [0.2, 0.25) is 5.91 Å². The van der Waals surface area contributed by atoms with Crippen LogP contribution in [-0.4, -0.2) is 28.6 Å². The first-order valence-electron chi connectivity index (χ1n) is 7.67. The molecule has 1 aliphatic rings. The van der Waals surface area contributed by atoms with Gasteiger partial charge in [-0.1, -0.05) is 29.8 Å². The average Bonchev–Trinajstić information content (AvgIpc) is 3.06. The number of aromatic nitrogens is 2. The van der Waals surface area contributed by atoms with Gasteiger partial charge in [0, 0.05) is 5.56 Å². The molecule has 2 N–H and O–H groups in total. The third-order valence-electron chi connectivity index (χ3n) is 3.84. The molecule has 0 bridgehead atoms. The highest BCUT2D eigenvalue weighted by Gasteiger charge is 2.24. The van der Waals surface area contributed by atoms with Crippen molar-refractivity contribution in [3.63, 3.8) is 0 Å². The molecule has 1 fully saturated rings. The molecule has 1 aliphatic heterocycles. The minimum absolute atomic E-state index is 0.00161. The van der Waals surface area contributed by atoms with Gasteiger partial charge in [-0.05, 0) is 38.4 Å². The van der Waals surface area contributed by atoms with Crippen LogP contribution in [0.3, 0.4) is 0 Å². The van der Waals surface area contributed by atoms with Crippen LogP contribution in [0.2, 0.25) is 0 Å². The van der Waals surface area contributed by atoms with Crippen molar-refractivity contribution < 1.29 is 9.32 Å². The summed E-state index contributed by atoms with van der Waals surface area (Å²) in [5, 5.41) is 10.1. The zero-order valence-corrected chi connectivity index (χ0v) is 12.6. The van der Waals surface area contributed by atoms with E-state index in [1.165, 1.54) is 0 Å². The maximum Gasteiger partial charge on any atom is 0.257 e. The SMILES string of the molecule is CC(NC(=O)C1CCCCN1)c1noc(-c2ccccc2)n1. The van der Waals surface area contributed by atoms with Crippen LogP contribution in [0.4, 0.5) is 0 Å². The fourth-order valence-corrected chi connectivity index (χ4v) is 2.56. The first-order valence-corrected chi connectivity index (χ1v) is 7.67. The summed E-state index contributed by atoms with van der Waals surface area (Å²) in [6.45, 7) is 2.76. The maximum atomic E-state index is 12.2. The van der Waals surface area contributed by atoms with E-state index in [0.717, 1.165) is 31.4 Å². The Kier molecular flexibility index (Phi) is 4.48. The molecular formula is C16H20N4O2. The van der Waals surface area contributed by atoms with Gasteiger partial charge < -0.3 is 15.2 Å². The van der Waals surface area contributed by atoms with Crippen molar-refractivity contribution in [2.24, 2.45) is 0 Å². The lowest BCUT2D eigenvalue weighted by molar-refractivity contribution is -0.124. The number of carbonyl (C=O) groups is 1. The molecule has 22 heavy (non-hydrogen) atoms. The van der Waals surface area contributed by atoms with Crippen LogP contribution in [-0.2, 0) is 4.79 Å². The lowest BCUT2D eigenvalue weighted by Crippen LogP contribution is -2.47. The summed E-state index contributed by atoms with van der Waals surface area (Å²) in [4.78, 5) is 16.6. The van der Waals surface area contributed by atoms with Gasteiger partial charge in [0.1, 0.15) is 0 Å². The first-order chi connectivity index (χ1) is 10.7. The molecule has 116 valence electrons. The molecule has 1 aromatic carbocycles. The van der Waals surface area contributed by atoms with Gasteiger partial charge in [0.15, 0.2) is 5.82 Å². The number of hydrogen-bond acceptors (Lipinski definition) is 5. The number of piperidine rings is 1. The van der Waals surface area contributed by atoms with Crippen molar-refractivity contribution in [1.82, 2.24) is 20.8 Å². The molecule has 2 heterocycles. The maximum absolute atomic E-state index is 12.2. The van der Waals surface area contributed by atoms with Gasteiger partial charge in [-0.2, -0.15) is 4.98 Å². The molecule has 0 radical (unpaired) electrons. The molecule has 2 aromatic rings. The summed E-state index contributed by atoms with van der Waals surface area (Å²) in [7, 11) is 0. The molecule has 1 amide bonds. The Bertz CT molecular complexity index is 620. The molecular weight excluding hydrogens is 280 g/mol. The Morgan fingerprint density at radius 3 is 2.91 bits per heavy atom. The van der Waals surface area contributed by atoms with E-state index >= 15 is 0 Å². The van der Waals surface area contributed by atoms with E-state index in [9.17, 15) is 4.79 Å². The van der Waals surface area contributed by atoms with E-state index in [4.69, 9.17) is 4.52 Å². The van der Waals surface area contributed by atoms with E-state index in [2.05, 4.69) is 20.8 Å². The normalized spacial score (nSPS) is 19.6. The van der Waals surface area contributed by atoms with E-state index in [0.29, 0.717) is 11.7 Å². The van der Waals surface area contributed by atoms with Crippen LogP contribution in [0, 0.1) is 0 Å². The van der Waals surface area contributed by atoms with Crippen molar-refractivity contribution in [2.45, 2.75) is 38.3 Å². The highest BCUT2D eigenvalue weighted by Crippen LogP contribution is 2.19. The van der Waals surface area contributed by atoms with Crippen LogP contribution >= 0.6 is 0 Å². The predicted octanol–water partition coefficient (Wildman–Crippen LogP) is 2.06. The lowest BCUT2D eigenvalue weighted by Gasteiger charge is -2.23. The molecule has 0 spiro atoms. The summed E-state index contributed by atoms with van der Waals surface area (Å²) in [6, 6.07) is 9.19. The quantitative estimate of drug-likeness (QED) is 0.903. The number of carbonyl (C=O) groups excluding carboxylic acids is 1. The van der Waals surface area contributed by atoms with Gasteiger partial charge in [-0.3, -0.25) is 4.79 Å². The zero-order valence-electron chi connectivity index (χ0n) is 12.6. The second-order valence-corrected chi connectivity index (χ2v) is 5.56. The van der Waals surface area contributed by atoms with Gasteiger partial charge in [-0.25, -0.2) is 0 Å². The second-order valence-electron chi connectivity index (χ2n) is 5.56. The molecule has 2 atom stereocenters. The molecule has 2 unspecified atom stereocenters. The Morgan fingerprint density at radius 1 is 1.36 bits per heavy atom. The molecule has 0 aliphatic carbocycles. The van der Waals surface area contributed by atoms with Gasteiger partial charge in [-0.15, -0.1) is 0 Å². The van der Waals surface area contributed by atoms with Crippen LogP contribution in [0.15, 0.2) is 34.9 Å². The number of amides is 1. The molecule has 0 saturated carbocycles. The zero-order chi connectivity index (χ0) is 15.4. The predicted molar refractivity (Wildman–Crippen MR) is 81.9 cm³/mol.